The minimum absolute atomic E-state index is 0.661. The molecule has 2 nitrogen and oxygen atoms in total. The van der Waals surface area contributed by atoms with Gasteiger partial charge in [0.1, 0.15) is 8.07 Å². The third kappa shape index (κ3) is 2.93. The Morgan fingerprint density at radius 3 is 2.83 bits per heavy atom. The molecule has 0 saturated heterocycles. The first-order chi connectivity index (χ1) is 6.68. The van der Waals surface area contributed by atoms with Gasteiger partial charge in [-0.05, 0) is 0 Å². The summed E-state index contributed by atoms with van der Waals surface area (Å²) >= 11 is 0. The van der Waals surface area contributed by atoms with Crippen molar-refractivity contribution >= 4 is 8.07 Å². The van der Waals surface area contributed by atoms with Gasteiger partial charge < -0.3 is 0 Å². The standard InChI is InChI=1S/C9H14N2Si/c1-11-8-9(7-10-11)5-6-12(2,3)4/h7-8H,1-4H3/i1D3. The second kappa shape index (κ2) is 3.16. The highest BCUT2D eigenvalue weighted by atomic mass is 28.3. The fourth-order valence-corrected chi connectivity index (χ4v) is 1.17. The topological polar surface area (TPSA) is 17.8 Å². The van der Waals surface area contributed by atoms with E-state index in [-0.39, 0.29) is 0 Å². The van der Waals surface area contributed by atoms with E-state index >= 15 is 0 Å². The van der Waals surface area contributed by atoms with Crippen LogP contribution in [0.25, 0.3) is 0 Å². The van der Waals surface area contributed by atoms with Gasteiger partial charge in [0.2, 0.25) is 0 Å². The van der Waals surface area contributed by atoms with Gasteiger partial charge in [-0.1, -0.05) is 25.6 Å². The molecule has 0 spiro atoms. The van der Waals surface area contributed by atoms with Crippen molar-refractivity contribution in [2.24, 2.45) is 6.98 Å². The molecule has 1 aromatic heterocycles. The molecule has 0 amide bonds. The molecular weight excluding hydrogens is 164 g/mol. The number of hydrogen-bond acceptors (Lipinski definition) is 1. The van der Waals surface area contributed by atoms with E-state index in [9.17, 15) is 0 Å². The Kier molecular flexibility index (Phi) is 1.47. The van der Waals surface area contributed by atoms with Gasteiger partial charge in [-0.15, -0.1) is 5.54 Å². The second-order valence-electron chi connectivity index (χ2n) is 3.67. The van der Waals surface area contributed by atoms with Gasteiger partial charge in [0, 0.05) is 17.3 Å². The minimum atomic E-state index is -2.21. The third-order valence-corrected chi connectivity index (χ3v) is 2.04. The summed E-state index contributed by atoms with van der Waals surface area (Å²) in [4.78, 5) is 0. The normalized spacial score (nSPS) is 15.4. The van der Waals surface area contributed by atoms with Crippen LogP contribution in [0.5, 0.6) is 0 Å². The van der Waals surface area contributed by atoms with Gasteiger partial charge >= 0.3 is 0 Å². The monoisotopic (exact) mass is 181 g/mol. The van der Waals surface area contributed by atoms with Crippen LogP contribution in [-0.2, 0) is 6.98 Å². The fourth-order valence-electron chi connectivity index (χ4n) is 0.647. The van der Waals surface area contributed by atoms with Crippen LogP contribution in [0.3, 0.4) is 0 Å². The lowest BCUT2D eigenvalue weighted by molar-refractivity contribution is 0.767. The molecular formula is C9H14N2Si. The predicted molar refractivity (Wildman–Crippen MR) is 53.4 cm³/mol. The van der Waals surface area contributed by atoms with Crippen molar-refractivity contribution in [1.29, 1.82) is 0 Å². The summed E-state index contributed by atoms with van der Waals surface area (Å²) < 4.78 is 22.4. The molecule has 64 valence electrons. The molecule has 0 saturated carbocycles. The summed E-state index contributed by atoms with van der Waals surface area (Å²) in [5, 5.41) is 3.76. The van der Waals surface area contributed by atoms with Crippen LogP contribution in [-0.4, -0.2) is 17.9 Å². The molecule has 0 aliphatic heterocycles. The van der Waals surface area contributed by atoms with Crippen molar-refractivity contribution in [2.75, 3.05) is 0 Å². The van der Waals surface area contributed by atoms with E-state index < -0.39 is 15.0 Å². The number of nitrogens with zero attached hydrogens (tertiary/aromatic N) is 2. The van der Waals surface area contributed by atoms with E-state index in [0.29, 0.717) is 5.56 Å². The Labute approximate surface area is 78.8 Å². The Balaban J connectivity index is 2.90. The molecule has 12 heavy (non-hydrogen) atoms. The molecule has 1 aromatic rings. The van der Waals surface area contributed by atoms with Crippen LogP contribution in [0, 0.1) is 11.5 Å². The van der Waals surface area contributed by atoms with E-state index in [1.807, 2.05) is 0 Å². The number of aryl methyl sites for hydroxylation is 1. The summed E-state index contributed by atoms with van der Waals surface area (Å²) in [6.45, 7) is 4.19. The molecule has 1 heterocycles. The van der Waals surface area contributed by atoms with E-state index in [0.717, 1.165) is 4.68 Å². The molecule has 3 heteroatoms. The average molecular weight is 181 g/mol. The van der Waals surface area contributed by atoms with Crippen LogP contribution >= 0.6 is 0 Å². The SMILES string of the molecule is [2H]C([2H])([2H])n1cc(C#C[Si](C)(C)C)cn1. The summed E-state index contributed by atoms with van der Waals surface area (Å²) in [6, 6.07) is 0. The Hall–Kier alpha value is -1.01. The van der Waals surface area contributed by atoms with Crippen molar-refractivity contribution in [3.8, 4) is 11.5 Å². The first-order valence-electron chi connectivity index (χ1n) is 5.27. The first kappa shape index (κ1) is 5.60. The highest BCUT2D eigenvalue weighted by Gasteiger charge is 2.07. The average Bonchev–Trinajstić information content (AvgIpc) is 2.45. The van der Waals surface area contributed by atoms with Crippen LogP contribution < -0.4 is 0 Å². The van der Waals surface area contributed by atoms with Gasteiger partial charge in [0.05, 0.1) is 11.8 Å². The third-order valence-electron chi connectivity index (χ3n) is 1.16. The van der Waals surface area contributed by atoms with Crippen molar-refractivity contribution in [3.63, 3.8) is 0 Å². The molecule has 0 aliphatic carbocycles. The summed E-state index contributed by atoms with van der Waals surface area (Å²) in [5.74, 6) is 2.96. The van der Waals surface area contributed by atoms with Gasteiger partial charge in [0.15, 0.2) is 0 Å². The van der Waals surface area contributed by atoms with Crippen molar-refractivity contribution in [1.82, 2.24) is 9.78 Å². The van der Waals surface area contributed by atoms with Crippen LogP contribution in [0.2, 0.25) is 19.6 Å². The zero-order chi connectivity index (χ0) is 11.7. The van der Waals surface area contributed by atoms with E-state index in [1.165, 1.54) is 12.4 Å². The van der Waals surface area contributed by atoms with E-state index in [1.54, 1.807) is 0 Å². The molecule has 0 aromatic carbocycles. The van der Waals surface area contributed by atoms with Gasteiger partial charge in [-0.25, -0.2) is 0 Å². The molecule has 0 atom stereocenters. The maximum Gasteiger partial charge on any atom is 0.129 e. The molecule has 0 aliphatic rings. The number of hydrogen-bond donors (Lipinski definition) is 0. The quantitative estimate of drug-likeness (QED) is 0.439. The van der Waals surface area contributed by atoms with E-state index in [4.69, 9.17) is 4.11 Å². The van der Waals surface area contributed by atoms with Crippen molar-refractivity contribution in [2.45, 2.75) is 19.6 Å². The zero-order valence-corrected chi connectivity index (χ0v) is 8.55. The molecule has 0 N–H and O–H groups in total. The maximum absolute atomic E-state index is 7.14. The molecule has 0 fully saturated rings. The molecule has 0 unspecified atom stereocenters. The smallest absolute Gasteiger partial charge is 0.129 e. The number of aromatic nitrogens is 2. The predicted octanol–water partition coefficient (Wildman–Crippen LogP) is 1.65. The number of rotatable bonds is 0. The highest BCUT2D eigenvalue weighted by molar-refractivity contribution is 6.83. The van der Waals surface area contributed by atoms with Gasteiger partial charge in [-0.2, -0.15) is 5.10 Å². The minimum Gasteiger partial charge on any atom is -0.275 e. The second-order valence-corrected chi connectivity index (χ2v) is 8.42. The zero-order valence-electron chi connectivity index (χ0n) is 10.5. The Morgan fingerprint density at radius 1 is 1.58 bits per heavy atom. The van der Waals surface area contributed by atoms with E-state index in [2.05, 4.69) is 36.2 Å². The van der Waals surface area contributed by atoms with Gasteiger partial charge in [0.25, 0.3) is 0 Å². The van der Waals surface area contributed by atoms with Crippen molar-refractivity contribution in [3.05, 3.63) is 18.0 Å². The largest absolute Gasteiger partial charge is 0.275 e. The summed E-state index contributed by atoms with van der Waals surface area (Å²) in [7, 11) is -1.42. The Bertz CT molecular complexity index is 403. The van der Waals surface area contributed by atoms with Crippen molar-refractivity contribution < 1.29 is 4.11 Å². The summed E-state index contributed by atoms with van der Waals surface area (Å²) in [5.41, 5.74) is 3.82. The van der Waals surface area contributed by atoms with Crippen LogP contribution in [0.4, 0.5) is 0 Å². The summed E-state index contributed by atoms with van der Waals surface area (Å²) in [6.07, 6.45) is 2.94. The van der Waals surface area contributed by atoms with Crippen LogP contribution in [0.1, 0.15) is 9.68 Å². The first-order valence-corrected chi connectivity index (χ1v) is 7.27. The fraction of sp³-hybridized carbons (Fsp3) is 0.444. The molecule has 0 bridgehead atoms. The van der Waals surface area contributed by atoms with Gasteiger partial charge in [-0.3, -0.25) is 4.68 Å². The lowest BCUT2D eigenvalue weighted by Gasteiger charge is -2.02. The van der Waals surface area contributed by atoms with Crippen LogP contribution in [0.15, 0.2) is 12.4 Å². The molecule has 0 radical (unpaired) electrons. The highest BCUT2D eigenvalue weighted by Crippen LogP contribution is 1.99. The lowest BCUT2D eigenvalue weighted by Crippen LogP contribution is -2.16. The maximum atomic E-state index is 7.14. The Morgan fingerprint density at radius 2 is 2.33 bits per heavy atom. The lowest BCUT2D eigenvalue weighted by atomic mass is 10.4. The molecule has 1 rings (SSSR count).